The lowest BCUT2D eigenvalue weighted by atomic mass is 10.1. The number of benzene rings is 1. The molecule has 2 aromatic rings. The van der Waals surface area contributed by atoms with Crippen LogP contribution in [0.1, 0.15) is 12.1 Å². The zero-order valence-electron chi connectivity index (χ0n) is 12.7. The van der Waals surface area contributed by atoms with Crippen molar-refractivity contribution in [2.24, 2.45) is 5.73 Å². The topological polar surface area (TPSA) is 177 Å². The van der Waals surface area contributed by atoms with Crippen molar-refractivity contribution in [3.63, 3.8) is 0 Å². The van der Waals surface area contributed by atoms with Crippen LogP contribution in [-0.2, 0) is 20.8 Å². The second-order valence-corrected chi connectivity index (χ2v) is 5.19. The smallest absolute Gasteiger partial charge is 0.326 e. The Hall–Kier alpha value is -2.91. The molecule has 0 saturated carbocycles. The summed E-state index contributed by atoms with van der Waals surface area (Å²) in [7, 11) is 0. The number of carbonyl (C=O) groups excluding carboxylic acids is 1. The number of H-pyrrole nitrogens is 1. The standard InChI is InChI=1S/C15H17N3O5.H2O/c16-10(7-13(19)20)14(21)18-12(15(22)23)6-9-5-8-3-1-2-4-11(8)17-9;/h1-5,10,12,17H,6-7,16H2,(H,18,21)(H,19,20)(H,22,23);1H2/t10-,12-;/m0./s1. The lowest BCUT2D eigenvalue weighted by Crippen LogP contribution is -2.49. The van der Waals surface area contributed by atoms with Crippen LogP contribution in [0.4, 0.5) is 0 Å². The van der Waals surface area contributed by atoms with Gasteiger partial charge in [0.05, 0.1) is 12.5 Å². The maximum absolute atomic E-state index is 11.8. The number of hydrogen-bond donors (Lipinski definition) is 5. The number of fused-ring (bicyclic) bond motifs is 1. The number of carboxylic acid groups (broad SMARTS) is 2. The first-order valence-electron chi connectivity index (χ1n) is 6.94. The number of carbonyl (C=O) groups is 3. The van der Waals surface area contributed by atoms with Gasteiger partial charge in [0.1, 0.15) is 6.04 Å². The normalized spacial score (nSPS) is 12.9. The number of hydrogen-bond acceptors (Lipinski definition) is 4. The molecule has 0 spiro atoms. The van der Waals surface area contributed by atoms with Crippen molar-refractivity contribution in [3.05, 3.63) is 36.0 Å². The van der Waals surface area contributed by atoms with Crippen LogP contribution < -0.4 is 11.1 Å². The number of nitrogens with one attached hydrogen (secondary N) is 2. The molecule has 1 amide bonds. The molecule has 1 aromatic carbocycles. The van der Waals surface area contributed by atoms with E-state index in [0.29, 0.717) is 5.69 Å². The first kappa shape index (κ1) is 19.1. The van der Waals surface area contributed by atoms with Crippen LogP contribution in [-0.4, -0.2) is 50.6 Å². The third-order valence-electron chi connectivity index (χ3n) is 3.36. The average molecular weight is 337 g/mol. The highest BCUT2D eigenvalue weighted by molar-refractivity contribution is 5.89. The fourth-order valence-electron chi connectivity index (χ4n) is 2.22. The number of para-hydroxylation sites is 1. The van der Waals surface area contributed by atoms with E-state index in [0.717, 1.165) is 10.9 Å². The Kier molecular flexibility index (Phi) is 6.45. The summed E-state index contributed by atoms with van der Waals surface area (Å²) < 4.78 is 0. The fourth-order valence-corrected chi connectivity index (χ4v) is 2.22. The van der Waals surface area contributed by atoms with Gasteiger partial charge in [-0.3, -0.25) is 9.59 Å². The number of rotatable bonds is 7. The highest BCUT2D eigenvalue weighted by Gasteiger charge is 2.25. The van der Waals surface area contributed by atoms with Crippen LogP contribution in [0.5, 0.6) is 0 Å². The van der Waals surface area contributed by atoms with Gasteiger partial charge in [0, 0.05) is 17.6 Å². The van der Waals surface area contributed by atoms with Crippen LogP contribution in [0.25, 0.3) is 10.9 Å². The molecule has 0 fully saturated rings. The highest BCUT2D eigenvalue weighted by Crippen LogP contribution is 2.15. The quantitative estimate of drug-likeness (QED) is 0.444. The van der Waals surface area contributed by atoms with E-state index in [9.17, 15) is 19.5 Å². The predicted octanol–water partition coefficient (Wildman–Crippen LogP) is -0.743. The Morgan fingerprint density at radius 2 is 1.88 bits per heavy atom. The highest BCUT2D eigenvalue weighted by atomic mass is 16.4. The van der Waals surface area contributed by atoms with E-state index in [2.05, 4.69) is 10.3 Å². The van der Waals surface area contributed by atoms with Crippen LogP contribution >= 0.6 is 0 Å². The van der Waals surface area contributed by atoms with Crippen LogP contribution in [0.2, 0.25) is 0 Å². The van der Waals surface area contributed by atoms with Gasteiger partial charge >= 0.3 is 11.9 Å². The second-order valence-electron chi connectivity index (χ2n) is 5.19. The molecule has 2 rings (SSSR count). The van der Waals surface area contributed by atoms with Gasteiger partial charge in [-0.25, -0.2) is 4.79 Å². The number of aromatic nitrogens is 1. The van der Waals surface area contributed by atoms with Gasteiger partial charge in [-0.05, 0) is 17.5 Å². The van der Waals surface area contributed by atoms with E-state index in [1.54, 1.807) is 6.07 Å². The molecule has 0 bridgehead atoms. The van der Waals surface area contributed by atoms with Gasteiger partial charge in [-0.1, -0.05) is 18.2 Å². The summed E-state index contributed by atoms with van der Waals surface area (Å²) in [6.45, 7) is 0. The minimum absolute atomic E-state index is 0. The molecule has 0 aliphatic carbocycles. The molecule has 1 heterocycles. The lowest BCUT2D eigenvalue weighted by Gasteiger charge is -2.16. The molecule has 0 aliphatic rings. The molecular weight excluding hydrogens is 318 g/mol. The fraction of sp³-hybridized carbons (Fsp3) is 0.267. The minimum Gasteiger partial charge on any atom is -0.481 e. The van der Waals surface area contributed by atoms with Crippen molar-refractivity contribution in [2.45, 2.75) is 24.9 Å². The number of carboxylic acids is 2. The summed E-state index contributed by atoms with van der Waals surface area (Å²) in [5.41, 5.74) is 6.93. The van der Waals surface area contributed by atoms with Crippen LogP contribution in [0.15, 0.2) is 30.3 Å². The van der Waals surface area contributed by atoms with Crippen molar-refractivity contribution in [3.8, 4) is 0 Å². The van der Waals surface area contributed by atoms with E-state index >= 15 is 0 Å². The number of nitrogens with two attached hydrogens (primary N) is 1. The molecule has 0 aliphatic heterocycles. The third kappa shape index (κ3) is 4.80. The molecule has 24 heavy (non-hydrogen) atoms. The summed E-state index contributed by atoms with van der Waals surface area (Å²) in [5, 5.41) is 21.0. The Labute approximate surface area is 136 Å². The van der Waals surface area contributed by atoms with E-state index < -0.39 is 36.4 Å². The molecular formula is C15H19N3O6. The van der Waals surface area contributed by atoms with Crippen molar-refractivity contribution < 1.29 is 30.1 Å². The number of aliphatic carboxylic acids is 2. The van der Waals surface area contributed by atoms with E-state index in [1.165, 1.54) is 0 Å². The van der Waals surface area contributed by atoms with Crippen molar-refractivity contribution in [1.82, 2.24) is 10.3 Å². The Balaban J connectivity index is 0.00000288. The maximum Gasteiger partial charge on any atom is 0.326 e. The van der Waals surface area contributed by atoms with E-state index in [1.807, 2.05) is 24.3 Å². The van der Waals surface area contributed by atoms with Gasteiger partial charge in [0.25, 0.3) is 0 Å². The summed E-state index contributed by atoms with van der Waals surface area (Å²) in [6, 6.07) is 6.76. The molecule has 9 heteroatoms. The van der Waals surface area contributed by atoms with Crippen molar-refractivity contribution in [1.29, 1.82) is 0 Å². The van der Waals surface area contributed by atoms with Crippen molar-refractivity contribution >= 4 is 28.7 Å². The monoisotopic (exact) mass is 337 g/mol. The first-order chi connectivity index (χ1) is 10.9. The molecule has 1 aromatic heterocycles. The first-order valence-corrected chi connectivity index (χ1v) is 6.94. The van der Waals surface area contributed by atoms with Gasteiger partial charge in [0.2, 0.25) is 5.91 Å². The molecule has 9 nitrogen and oxygen atoms in total. The number of aromatic amines is 1. The molecule has 0 saturated heterocycles. The average Bonchev–Trinajstić information content (AvgIpc) is 2.87. The zero-order chi connectivity index (χ0) is 17.0. The molecule has 130 valence electrons. The Morgan fingerprint density at radius 3 is 2.46 bits per heavy atom. The molecule has 8 N–H and O–H groups in total. The Bertz CT molecular complexity index is 709. The number of amides is 1. The van der Waals surface area contributed by atoms with Gasteiger partial charge < -0.3 is 31.7 Å². The Morgan fingerprint density at radius 1 is 1.21 bits per heavy atom. The summed E-state index contributed by atoms with van der Waals surface area (Å²) in [5.74, 6) is -3.26. The second kappa shape index (κ2) is 8.09. The largest absolute Gasteiger partial charge is 0.481 e. The summed E-state index contributed by atoms with van der Waals surface area (Å²) in [6.07, 6.45) is -0.528. The molecule has 0 radical (unpaired) electrons. The molecule has 2 atom stereocenters. The lowest BCUT2D eigenvalue weighted by molar-refractivity contribution is -0.142. The van der Waals surface area contributed by atoms with Gasteiger partial charge in [0.15, 0.2) is 0 Å². The summed E-state index contributed by atoms with van der Waals surface area (Å²) in [4.78, 5) is 36.7. The third-order valence-corrected chi connectivity index (χ3v) is 3.36. The SMILES string of the molecule is N[C@@H](CC(=O)O)C(=O)N[C@@H](Cc1cc2ccccc2[nH]1)C(=O)O.O. The van der Waals surface area contributed by atoms with Crippen molar-refractivity contribution in [2.75, 3.05) is 0 Å². The summed E-state index contributed by atoms with van der Waals surface area (Å²) >= 11 is 0. The van der Waals surface area contributed by atoms with E-state index in [-0.39, 0.29) is 11.9 Å². The predicted molar refractivity (Wildman–Crippen MR) is 85.4 cm³/mol. The van der Waals surface area contributed by atoms with E-state index in [4.69, 9.17) is 10.8 Å². The van der Waals surface area contributed by atoms with Crippen LogP contribution in [0.3, 0.4) is 0 Å². The molecule has 0 unspecified atom stereocenters. The minimum atomic E-state index is -1.29. The van der Waals surface area contributed by atoms with Crippen LogP contribution in [0, 0.1) is 0 Å². The zero-order valence-corrected chi connectivity index (χ0v) is 12.7. The maximum atomic E-state index is 11.8. The van der Waals surface area contributed by atoms with Gasteiger partial charge in [-0.2, -0.15) is 0 Å². The van der Waals surface area contributed by atoms with Gasteiger partial charge in [-0.15, -0.1) is 0 Å².